The van der Waals surface area contributed by atoms with E-state index >= 15 is 0 Å². The molecule has 0 fully saturated rings. The van der Waals surface area contributed by atoms with Crippen molar-refractivity contribution < 1.29 is 37.3 Å². The number of allylic oxidation sites excluding steroid dienone is 11. The number of rotatable bonds is 39. The molecule has 55 heavy (non-hydrogen) atoms. The second-order valence-corrected chi connectivity index (χ2v) is 16.8. The molecule has 0 N–H and O–H groups in total. The van der Waals surface area contributed by atoms with E-state index in [0.717, 1.165) is 77.0 Å². The quantitative estimate of drug-likeness (QED) is 0.0153. The number of esters is 1. The van der Waals surface area contributed by atoms with Crippen molar-refractivity contribution in [3.05, 3.63) is 73.1 Å². The topological polar surface area (TPSA) is 94.1 Å². The fourth-order valence-corrected chi connectivity index (χ4v) is 6.13. The van der Waals surface area contributed by atoms with Crippen LogP contribution in [0.15, 0.2) is 73.1 Å². The third-order valence-electron chi connectivity index (χ3n) is 8.83. The lowest BCUT2D eigenvalue weighted by Crippen LogP contribution is -2.37. The van der Waals surface area contributed by atoms with Crippen LogP contribution in [0.2, 0.25) is 0 Å². The summed E-state index contributed by atoms with van der Waals surface area (Å²) >= 11 is 0. The van der Waals surface area contributed by atoms with Gasteiger partial charge in [-0.2, -0.15) is 0 Å². The molecule has 2 atom stereocenters. The average Bonchev–Trinajstić information content (AvgIpc) is 3.14. The smallest absolute Gasteiger partial charge is 0.305 e. The van der Waals surface area contributed by atoms with Crippen molar-refractivity contribution in [2.24, 2.45) is 0 Å². The van der Waals surface area contributed by atoms with Gasteiger partial charge in [-0.15, -0.1) is 0 Å². The number of carbonyl (C=O) groups excluding carboxylic acids is 1. The summed E-state index contributed by atoms with van der Waals surface area (Å²) in [7, 11) is 1.33. The van der Waals surface area contributed by atoms with Gasteiger partial charge >= 0.3 is 5.97 Å². The fourth-order valence-electron chi connectivity index (χ4n) is 5.40. The van der Waals surface area contributed by atoms with E-state index < -0.39 is 13.9 Å². The number of hydrogen-bond donors (Lipinski definition) is 0. The van der Waals surface area contributed by atoms with Gasteiger partial charge in [-0.25, -0.2) is 0 Å². The summed E-state index contributed by atoms with van der Waals surface area (Å²) in [6, 6.07) is 0. The number of ether oxygens (including phenoxy) is 2. The Morgan fingerprint density at radius 2 is 1.07 bits per heavy atom. The second-order valence-electron chi connectivity index (χ2n) is 15.4. The molecule has 0 amide bonds. The zero-order valence-corrected chi connectivity index (χ0v) is 36.7. The van der Waals surface area contributed by atoms with Crippen LogP contribution in [0, 0.1) is 0 Å². The number of quaternary nitrogens is 1. The Bertz CT molecular complexity index is 1110. The molecule has 8 nitrogen and oxygen atoms in total. The molecule has 0 saturated carbocycles. The lowest BCUT2D eigenvalue weighted by Gasteiger charge is -2.28. The minimum Gasteiger partial charge on any atom is -0.756 e. The van der Waals surface area contributed by atoms with Crippen LogP contribution in [0.5, 0.6) is 0 Å². The van der Waals surface area contributed by atoms with Crippen LogP contribution >= 0.6 is 7.82 Å². The summed E-state index contributed by atoms with van der Waals surface area (Å²) in [5.74, 6) is -0.320. The lowest BCUT2D eigenvalue weighted by atomic mass is 10.1. The maximum atomic E-state index is 12.5. The highest BCUT2D eigenvalue weighted by atomic mass is 31.2. The highest BCUT2D eigenvalue weighted by molar-refractivity contribution is 7.45. The standard InChI is InChI=1S/C46H82NO7P/c1-6-8-10-12-14-16-18-20-22-24-25-27-29-31-33-35-37-39-46(48)52-43-45(44-54-55(49,50)53-42-40-47(3,4)5)51-41-38-36-34-32-30-28-26-23-21-19-17-15-13-11-9-7-2/h8,10,14,16-17,19-20,22,25,27,38,41,45H,6-7,9,11-13,15,18,21,23-24,26,28-37,39-40,42-44H2,1-5H3/b10-8-,16-14-,19-17-,22-20-,27-25-,41-38-. The van der Waals surface area contributed by atoms with Gasteiger partial charge in [0.25, 0.3) is 7.82 Å². The first-order valence-corrected chi connectivity index (χ1v) is 23.2. The predicted octanol–water partition coefficient (Wildman–Crippen LogP) is 12.4. The number of unbranched alkanes of at least 4 members (excludes halogenated alkanes) is 15. The maximum Gasteiger partial charge on any atom is 0.305 e. The second kappa shape index (κ2) is 38.6. The van der Waals surface area contributed by atoms with Crippen molar-refractivity contribution in [2.75, 3.05) is 47.5 Å². The van der Waals surface area contributed by atoms with Gasteiger partial charge in [-0.1, -0.05) is 132 Å². The fraction of sp³-hybridized carbons (Fsp3) is 0.717. The van der Waals surface area contributed by atoms with Gasteiger partial charge in [-0.05, 0) is 89.5 Å². The molecule has 0 aliphatic heterocycles. The first-order valence-electron chi connectivity index (χ1n) is 21.7. The molecule has 0 aliphatic rings. The van der Waals surface area contributed by atoms with Crippen molar-refractivity contribution >= 4 is 13.8 Å². The van der Waals surface area contributed by atoms with Gasteiger partial charge in [0.15, 0.2) is 6.10 Å². The Labute approximate surface area is 338 Å². The molecular weight excluding hydrogens is 709 g/mol. The molecule has 0 aromatic heterocycles. The third-order valence-corrected chi connectivity index (χ3v) is 9.79. The van der Waals surface area contributed by atoms with Crippen LogP contribution in [0.3, 0.4) is 0 Å². The van der Waals surface area contributed by atoms with Crippen molar-refractivity contribution in [1.82, 2.24) is 0 Å². The van der Waals surface area contributed by atoms with Crippen molar-refractivity contribution in [3.8, 4) is 0 Å². The minimum atomic E-state index is -4.53. The predicted molar refractivity (Wildman–Crippen MR) is 231 cm³/mol. The largest absolute Gasteiger partial charge is 0.756 e. The zero-order valence-electron chi connectivity index (χ0n) is 35.8. The molecule has 0 heterocycles. The van der Waals surface area contributed by atoms with Gasteiger partial charge in [0, 0.05) is 6.42 Å². The monoisotopic (exact) mass is 792 g/mol. The molecule has 0 rings (SSSR count). The first-order chi connectivity index (χ1) is 26.6. The summed E-state index contributed by atoms with van der Waals surface area (Å²) in [6.07, 6.45) is 50.1. The van der Waals surface area contributed by atoms with Gasteiger partial charge < -0.3 is 27.9 Å². The molecule has 0 saturated heterocycles. The number of hydrogen-bond acceptors (Lipinski definition) is 7. The van der Waals surface area contributed by atoms with Crippen molar-refractivity contribution in [3.63, 3.8) is 0 Å². The normalized spacial score (nSPS) is 14.4. The molecule has 0 aliphatic carbocycles. The summed E-state index contributed by atoms with van der Waals surface area (Å²) in [6.45, 7) is 4.53. The molecule has 2 unspecified atom stereocenters. The number of phosphoric acid groups is 1. The van der Waals surface area contributed by atoms with E-state index in [2.05, 4.69) is 74.6 Å². The van der Waals surface area contributed by atoms with E-state index in [0.29, 0.717) is 17.4 Å². The Hall–Kier alpha value is -2.22. The van der Waals surface area contributed by atoms with Crippen molar-refractivity contribution in [2.45, 2.75) is 168 Å². The van der Waals surface area contributed by atoms with Gasteiger partial charge in [0.1, 0.15) is 19.8 Å². The van der Waals surface area contributed by atoms with Crippen LogP contribution in [0.25, 0.3) is 0 Å². The Morgan fingerprint density at radius 1 is 0.600 bits per heavy atom. The van der Waals surface area contributed by atoms with Gasteiger partial charge in [0.05, 0.1) is 34.0 Å². The van der Waals surface area contributed by atoms with E-state index in [-0.39, 0.29) is 25.8 Å². The van der Waals surface area contributed by atoms with Crippen LogP contribution in [0.4, 0.5) is 0 Å². The summed E-state index contributed by atoms with van der Waals surface area (Å²) < 4.78 is 34.3. The van der Waals surface area contributed by atoms with E-state index in [1.54, 1.807) is 6.26 Å². The number of likely N-dealkylation sites (N-methyl/N-ethyl adjacent to an activating group) is 1. The first kappa shape index (κ1) is 52.8. The summed E-state index contributed by atoms with van der Waals surface area (Å²) in [5.41, 5.74) is 0. The lowest BCUT2D eigenvalue weighted by molar-refractivity contribution is -0.870. The SMILES string of the molecule is CC/C=C\C/C=C\C/C=C\C/C=C\CCCCCCC(=O)OCC(COP(=O)([O-])OCC[N+](C)(C)C)O/C=C\CCCCCCCC/C=C\CCCCCC. The maximum absolute atomic E-state index is 12.5. The molecule has 0 bridgehead atoms. The van der Waals surface area contributed by atoms with Gasteiger partial charge in [0.2, 0.25) is 0 Å². The Balaban J connectivity index is 4.36. The average molecular weight is 792 g/mol. The van der Waals surface area contributed by atoms with Crippen molar-refractivity contribution in [1.29, 1.82) is 0 Å². The molecule has 318 valence electrons. The Morgan fingerprint density at radius 3 is 1.62 bits per heavy atom. The van der Waals surface area contributed by atoms with Crippen LogP contribution in [0.1, 0.15) is 162 Å². The van der Waals surface area contributed by atoms with Crippen LogP contribution in [-0.4, -0.2) is 64.1 Å². The number of nitrogens with zero attached hydrogens (tertiary/aromatic N) is 1. The summed E-state index contributed by atoms with van der Waals surface area (Å²) in [4.78, 5) is 24.8. The highest BCUT2D eigenvalue weighted by Crippen LogP contribution is 2.38. The molecule has 0 radical (unpaired) electrons. The molecule has 9 heteroatoms. The van der Waals surface area contributed by atoms with E-state index in [1.165, 1.54) is 64.2 Å². The molecule has 0 aromatic rings. The minimum absolute atomic E-state index is 0.0182. The highest BCUT2D eigenvalue weighted by Gasteiger charge is 2.19. The third kappa shape index (κ3) is 42.8. The molecule has 0 aromatic carbocycles. The van der Waals surface area contributed by atoms with E-state index in [9.17, 15) is 14.3 Å². The Kier molecular flexibility index (Phi) is 37.1. The summed E-state index contributed by atoms with van der Waals surface area (Å²) in [5, 5.41) is 0. The molecular formula is C46H82NO7P. The molecule has 0 spiro atoms. The van der Waals surface area contributed by atoms with E-state index in [4.69, 9.17) is 18.5 Å². The van der Waals surface area contributed by atoms with Crippen LogP contribution < -0.4 is 4.89 Å². The number of phosphoric ester groups is 1. The van der Waals surface area contributed by atoms with E-state index in [1.807, 2.05) is 27.2 Å². The number of carbonyl (C=O) groups is 1. The van der Waals surface area contributed by atoms with Gasteiger partial charge in [-0.3, -0.25) is 9.36 Å². The van der Waals surface area contributed by atoms with Crippen LogP contribution in [-0.2, 0) is 27.9 Å². The zero-order chi connectivity index (χ0) is 40.6.